The molecule has 2 N–H and O–H groups in total. The van der Waals surface area contributed by atoms with Gasteiger partial charge in [-0.15, -0.1) is 0 Å². The minimum absolute atomic E-state index is 0.221. The second kappa shape index (κ2) is 40.7. The second-order valence-electron chi connectivity index (χ2n) is 15.7. The van der Waals surface area contributed by atoms with Crippen molar-refractivity contribution in [3.8, 4) is 0 Å². The quantitative estimate of drug-likeness (QED) is 0.0357. The molecule has 0 heterocycles. The van der Waals surface area contributed by atoms with E-state index >= 15 is 0 Å². The maximum Gasteiger partial charge on any atom is 0.469 e. The van der Waals surface area contributed by atoms with Gasteiger partial charge in [-0.1, -0.05) is 226 Å². The lowest BCUT2D eigenvalue weighted by Gasteiger charge is -2.18. The summed E-state index contributed by atoms with van der Waals surface area (Å²) in [7, 11) is -4.75. The van der Waals surface area contributed by atoms with Crippen LogP contribution in [0.5, 0.6) is 0 Å². The summed E-state index contributed by atoms with van der Waals surface area (Å²) < 4.78 is 26.4. The number of hydrogen-bond acceptors (Lipinski definition) is 6. The van der Waals surface area contributed by atoms with Gasteiger partial charge in [-0.2, -0.15) is 0 Å². The van der Waals surface area contributed by atoms with Crippen LogP contribution >= 0.6 is 7.82 Å². The van der Waals surface area contributed by atoms with Crippen LogP contribution in [0.2, 0.25) is 0 Å². The van der Waals surface area contributed by atoms with E-state index in [0.717, 1.165) is 32.1 Å². The second-order valence-corrected chi connectivity index (χ2v) is 17.0. The summed E-state index contributed by atoms with van der Waals surface area (Å²) in [5.41, 5.74) is 0. The van der Waals surface area contributed by atoms with Crippen molar-refractivity contribution in [1.29, 1.82) is 0 Å². The Morgan fingerprint density at radius 1 is 0.415 bits per heavy atom. The number of hydrogen-bond donors (Lipinski definition) is 2. The van der Waals surface area contributed by atoms with E-state index in [0.29, 0.717) is 6.42 Å². The molecule has 0 saturated heterocycles. The monoisotopic (exact) mass is 775 g/mol. The zero-order valence-electron chi connectivity index (χ0n) is 34.9. The van der Waals surface area contributed by atoms with Crippen molar-refractivity contribution in [3.63, 3.8) is 0 Å². The molecule has 0 spiro atoms. The number of unbranched alkanes of at least 4 members (excludes halogenated alkanes) is 33. The number of rotatable bonds is 43. The molecule has 0 fully saturated rings. The minimum atomic E-state index is -4.75. The zero-order chi connectivity index (χ0) is 38.9. The van der Waals surface area contributed by atoms with Gasteiger partial charge < -0.3 is 19.3 Å². The van der Waals surface area contributed by atoms with Crippen molar-refractivity contribution < 1.29 is 37.9 Å². The molecular formula is C44H87O8P. The SMILES string of the molecule is CCCCCCCCCCCCCCCCCCCCCCCC(=O)O[C@H](COC(=O)CCCCCCCCCCCCCCCC)COP(=O)(O)O. The first-order chi connectivity index (χ1) is 25.8. The van der Waals surface area contributed by atoms with Crippen LogP contribution in [0, 0.1) is 0 Å². The van der Waals surface area contributed by atoms with Crippen LogP contribution in [0.3, 0.4) is 0 Å². The van der Waals surface area contributed by atoms with Crippen LogP contribution in [-0.4, -0.2) is 41.0 Å². The van der Waals surface area contributed by atoms with Gasteiger partial charge in [0.05, 0.1) is 6.61 Å². The molecule has 0 aliphatic rings. The van der Waals surface area contributed by atoms with E-state index in [1.807, 2.05) is 0 Å². The molecule has 9 heteroatoms. The lowest BCUT2D eigenvalue weighted by atomic mass is 10.0. The van der Waals surface area contributed by atoms with Gasteiger partial charge in [0.15, 0.2) is 6.10 Å². The van der Waals surface area contributed by atoms with Gasteiger partial charge in [0.25, 0.3) is 0 Å². The third-order valence-electron chi connectivity index (χ3n) is 10.4. The standard InChI is InChI=1S/C44H87O8P/c1-3-5-7-9-11-13-15-17-19-20-21-22-23-24-25-27-29-31-33-35-37-39-44(46)52-42(41-51-53(47,48)49)40-50-43(45)38-36-34-32-30-28-26-18-16-14-12-10-8-6-4-2/h42H,3-41H2,1-2H3,(H2,47,48,49)/t42-/m1/s1. The van der Waals surface area contributed by atoms with Crippen LogP contribution in [0.25, 0.3) is 0 Å². The molecule has 0 aromatic carbocycles. The van der Waals surface area contributed by atoms with Crippen LogP contribution in [0.15, 0.2) is 0 Å². The Labute approximate surface area is 327 Å². The summed E-state index contributed by atoms with van der Waals surface area (Å²) in [4.78, 5) is 42.9. The van der Waals surface area contributed by atoms with Gasteiger partial charge in [-0.05, 0) is 12.8 Å². The number of esters is 2. The van der Waals surface area contributed by atoms with Gasteiger partial charge in [0.2, 0.25) is 0 Å². The Morgan fingerprint density at radius 3 is 0.962 bits per heavy atom. The smallest absolute Gasteiger partial charge is 0.462 e. The molecule has 0 aliphatic carbocycles. The van der Waals surface area contributed by atoms with E-state index in [2.05, 4.69) is 18.4 Å². The molecule has 0 radical (unpaired) electrons. The summed E-state index contributed by atoms with van der Waals surface area (Å²) >= 11 is 0. The highest BCUT2D eigenvalue weighted by Crippen LogP contribution is 2.36. The number of phosphoric acid groups is 1. The third kappa shape index (κ3) is 43.6. The van der Waals surface area contributed by atoms with Crippen molar-refractivity contribution >= 4 is 19.8 Å². The molecule has 0 amide bonds. The van der Waals surface area contributed by atoms with Gasteiger partial charge in [0, 0.05) is 12.8 Å². The first-order valence-corrected chi connectivity index (χ1v) is 24.4. The molecule has 0 aliphatic heterocycles. The molecule has 0 aromatic rings. The number of phosphoric ester groups is 1. The average Bonchev–Trinajstić information content (AvgIpc) is 3.13. The van der Waals surface area contributed by atoms with Gasteiger partial charge >= 0.3 is 19.8 Å². The van der Waals surface area contributed by atoms with Crippen LogP contribution in [0.1, 0.15) is 251 Å². The van der Waals surface area contributed by atoms with E-state index in [-0.39, 0.29) is 19.4 Å². The predicted octanol–water partition coefficient (Wildman–Crippen LogP) is 14.0. The Kier molecular flexibility index (Phi) is 40.0. The van der Waals surface area contributed by atoms with Crippen LogP contribution < -0.4 is 0 Å². The van der Waals surface area contributed by atoms with E-state index in [1.54, 1.807) is 0 Å². The van der Waals surface area contributed by atoms with E-state index in [4.69, 9.17) is 19.3 Å². The highest BCUT2D eigenvalue weighted by atomic mass is 31.2. The fourth-order valence-corrected chi connectivity index (χ4v) is 7.32. The first kappa shape index (κ1) is 52.0. The normalized spacial score (nSPS) is 12.3. The number of ether oxygens (including phenoxy) is 2. The average molecular weight is 775 g/mol. The summed E-state index contributed by atoms with van der Waals surface area (Å²) in [6.45, 7) is 3.73. The van der Waals surface area contributed by atoms with Gasteiger partial charge in [0.1, 0.15) is 6.61 Å². The lowest BCUT2D eigenvalue weighted by Crippen LogP contribution is -2.29. The molecule has 1 atom stereocenters. The Bertz CT molecular complexity index is 832. The van der Waals surface area contributed by atoms with Gasteiger partial charge in [-0.25, -0.2) is 4.57 Å². The fraction of sp³-hybridized carbons (Fsp3) is 0.955. The summed E-state index contributed by atoms with van der Waals surface area (Å²) in [6, 6.07) is 0. The van der Waals surface area contributed by atoms with Gasteiger partial charge in [-0.3, -0.25) is 14.1 Å². The van der Waals surface area contributed by atoms with Crippen LogP contribution in [-0.2, 0) is 28.2 Å². The van der Waals surface area contributed by atoms with E-state index < -0.39 is 32.5 Å². The number of carbonyl (C=O) groups is 2. The maximum absolute atomic E-state index is 12.4. The van der Waals surface area contributed by atoms with Crippen molar-refractivity contribution in [1.82, 2.24) is 0 Å². The van der Waals surface area contributed by atoms with E-state index in [1.165, 1.54) is 186 Å². The molecule has 0 unspecified atom stereocenters. The molecule has 316 valence electrons. The maximum atomic E-state index is 12.4. The van der Waals surface area contributed by atoms with Crippen molar-refractivity contribution in [2.75, 3.05) is 13.2 Å². The van der Waals surface area contributed by atoms with Crippen LogP contribution in [0.4, 0.5) is 0 Å². The lowest BCUT2D eigenvalue weighted by molar-refractivity contribution is -0.161. The van der Waals surface area contributed by atoms with Crippen molar-refractivity contribution in [2.45, 2.75) is 258 Å². The topological polar surface area (TPSA) is 119 Å². The molecule has 0 rings (SSSR count). The Hall–Kier alpha value is -0.950. The number of carbonyl (C=O) groups excluding carboxylic acids is 2. The van der Waals surface area contributed by atoms with Crippen molar-refractivity contribution in [2.24, 2.45) is 0 Å². The van der Waals surface area contributed by atoms with Crippen molar-refractivity contribution in [3.05, 3.63) is 0 Å². The summed E-state index contributed by atoms with van der Waals surface area (Å²) in [5.74, 6) is -0.865. The van der Waals surface area contributed by atoms with E-state index in [9.17, 15) is 14.2 Å². The fourth-order valence-electron chi connectivity index (χ4n) is 6.96. The molecule has 0 bridgehead atoms. The molecule has 0 aromatic heterocycles. The third-order valence-corrected chi connectivity index (χ3v) is 10.9. The molecule has 8 nitrogen and oxygen atoms in total. The summed E-state index contributed by atoms with van der Waals surface area (Å²) in [6.07, 6.45) is 44.0. The molecule has 0 saturated carbocycles. The highest BCUT2D eigenvalue weighted by molar-refractivity contribution is 7.46. The highest BCUT2D eigenvalue weighted by Gasteiger charge is 2.23. The summed E-state index contributed by atoms with van der Waals surface area (Å²) in [5, 5.41) is 0. The molecule has 53 heavy (non-hydrogen) atoms. The minimum Gasteiger partial charge on any atom is -0.462 e. The zero-order valence-corrected chi connectivity index (χ0v) is 35.8. The largest absolute Gasteiger partial charge is 0.469 e. The Balaban J connectivity index is 3.79. The predicted molar refractivity (Wildman–Crippen MR) is 221 cm³/mol. The Morgan fingerprint density at radius 2 is 0.679 bits per heavy atom. The molecular weight excluding hydrogens is 687 g/mol. The first-order valence-electron chi connectivity index (χ1n) is 22.8.